The van der Waals surface area contributed by atoms with Crippen molar-refractivity contribution in [1.82, 2.24) is 0 Å². The van der Waals surface area contributed by atoms with Crippen LogP contribution in [0.2, 0.25) is 0 Å². The summed E-state index contributed by atoms with van der Waals surface area (Å²) in [6.45, 7) is 1.85. The molecule has 5 heteroatoms. The van der Waals surface area contributed by atoms with E-state index in [1.807, 2.05) is 31.2 Å². The highest BCUT2D eigenvalue weighted by Crippen LogP contribution is 2.28. The number of hydrogen-bond acceptors (Lipinski definition) is 2. The number of hydrogen-bond donors (Lipinski definition) is 1. The summed E-state index contributed by atoms with van der Waals surface area (Å²) in [6.07, 6.45) is -4.69. The van der Waals surface area contributed by atoms with Crippen molar-refractivity contribution in [2.45, 2.75) is 19.3 Å². The molecule has 1 atom stereocenters. The van der Waals surface area contributed by atoms with Crippen molar-refractivity contribution in [1.29, 1.82) is 0 Å². The lowest BCUT2D eigenvalue weighted by Gasteiger charge is -2.11. The highest BCUT2D eigenvalue weighted by Gasteiger charge is 2.31. The summed E-state index contributed by atoms with van der Waals surface area (Å²) in [5.41, 5.74) is 8.17. The topological polar surface area (TPSA) is 35.2 Å². The molecule has 106 valence electrons. The first kappa shape index (κ1) is 14.4. The lowest BCUT2D eigenvalue weighted by molar-refractivity contribution is -0.274. The van der Waals surface area contributed by atoms with Gasteiger partial charge < -0.3 is 10.5 Å². The number of alkyl halides is 3. The highest BCUT2D eigenvalue weighted by atomic mass is 19.4. The zero-order chi connectivity index (χ0) is 14.8. The third-order valence-corrected chi connectivity index (χ3v) is 2.81. The number of benzene rings is 2. The van der Waals surface area contributed by atoms with Crippen molar-refractivity contribution >= 4 is 0 Å². The molecule has 20 heavy (non-hydrogen) atoms. The van der Waals surface area contributed by atoms with Gasteiger partial charge in [0.05, 0.1) is 0 Å². The van der Waals surface area contributed by atoms with Crippen LogP contribution in [0.15, 0.2) is 48.5 Å². The molecule has 2 rings (SSSR count). The first-order valence-corrected chi connectivity index (χ1v) is 6.07. The Bertz CT molecular complexity index is 594. The molecular weight excluding hydrogens is 267 g/mol. The van der Waals surface area contributed by atoms with Gasteiger partial charge in [0, 0.05) is 6.04 Å². The van der Waals surface area contributed by atoms with Crippen LogP contribution in [0.5, 0.6) is 5.75 Å². The molecule has 0 heterocycles. The lowest BCUT2D eigenvalue weighted by Crippen LogP contribution is -2.17. The van der Waals surface area contributed by atoms with E-state index in [-0.39, 0.29) is 11.8 Å². The fourth-order valence-electron chi connectivity index (χ4n) is 1.87. The quantitative estimate of drug-likeness (QED) is 0.911. The van der Waals surface area contributed by atoms with Crippen LogP contribution in [0.25, 0.3) is 11.1 Å². The molecule has 0 saturated heterocycles. The van der Waals surface area contributed by atoms with Gasteiger partial charge in [-0.2, -0.15) is 0 Å². The molecule has 0 spiro atoms. The van der Waals surface area contributed by atoms with Crippen LogP contribution in [0.4, 0.5) is 13.2 Å². The molecule has 2 nitrogen and oxygen atoms in total. The van der Waals surface area contributed by atoms with Gasteiger partial charge in [0.25, 0.3) is 0 Å². The van der Waals surface area contributed by atoms with E-state index in [1.54, 1.807) is 6.07 Å². The second-order valence-corrected chi connectivity index (χ2v) is 4.49. The molecule has 0 radical (unpaired) electrons. The van der Waals surface area contributed by atoms with Gasteiger partial charge in [-0.3, -0.25) is 0 Å². The normalized spacial score (nSPS) is 13.1. The fourth-order valence-corrected chi connectivity index (χ4v) is 1.87. The Hall–Kier alpha value is -2.01. The largest absolute Gasteiger partial charge is 0.573 e. The zero-order valence-corrected chi connectivity index (χ0v) is 10.8. The maximum atomic E-state index is 12.2. The van der Waals surface area contributed by atoms with E-state index in [2.05, 4.69) is 4.74 Å². The maximum Gasteiger partial charge on any atom is 0.573 e. The van der Waals surface area contributed by atoms with Crippen molar-refractivity contribution in [3.8, 4) is 16.9 Å². The summed E-state index contributed by atoms with van der Waals surface area (Å²) >= 11 is 0. The number of nitrogens with two attached hydrogens (primary N) is 1. The molecule has 1 unspecified atom stereocenters. The molecule has 0 bridgehead atoms. The van der Waals surface area contributed by atoms with Gasteiger partial charge in [-0.25, -0.2) is 0 Å². The Morgan fingerprint density at radius 3 is 2.20 bits per heavy atom. The van der Waals surface area contributed by atoms with Gasteiger partial charge in [-0.1, -0.05) is 30.3 Å². The molecule has 0 aliphatic carbocycles. The number of rotatable bonds is 3. The third-order valence-electron chi connectivity index (χ3n) is 2.81. The zero-order valence-electron chi connectivity index (χ0n) is 10.8. The Morgan fingerprint density at radius 1 is 1.00 bits per heavy atom. The lowest BCUT2D eigenvalue weighted by atomic mass is 10.0. The van der Waals surface area contributed by atoms with Crippen molar-refractivity contribution in [2.24, 2.45) is 5.73 Å². The fraction of sp³-hybridized carbons (Fsp3) is 0.200. The molecule has 2 aromatic rings. The van der Waals surface area contributed by atoms with Crippen LogP contribution in [0.3, 0.4) is 0 Å². The summed E-state index contributed by atoms with van der Waals surface area (Å²) < 4.78 is 40.5. The van der Waals surface area contributed by atoms with Crippen molar-refractivity contribution in [3.63, 3.8) is 0 Å². The number of ether oxygens (including phenoxy) is 1. The third kappa shape index (κ3) is 3.74. The smallest absolute Gasteiger partial charge is 0.406 e. The molecule has 0 aliphatic rings. The van der Waals surface area contributed by atoms with Gasteiger partial charge >= 0.3 is 6.36 Å². The van der Waals surface area contributed by atoms with Gasteiger partial charge in [0.2, 0.25) is 0 Å². The van der Waals surface area contributed by atoms with Crippen molar-refractivity contribution in [3.05, 3.63) is 54.1 Å². The van der Waals surface area contributed by atoms with Gasteiger partial charge in [0.1, 0.15) is 5.75 Å². The SMILES string of the molecule is CC(N)c1cccc(-c2cccc(OC(F)(F)F)c2)c1. The summed E-state index contributed by atoms with van der Waals surface area (Å²) in [7, 11) is 0. The molecule has 0 saturated carbocycles. The Morgan fingerprint density at radius 2 is 1.60 bits per heavy atom. The van der Waals surface area contributed by atoms with Gasteiger partial charge in [0.15, 0.2) is 0 Å². The average Bonchev–Trinajstić information content (AvgIpc) is 2.37. The first-order valence-electron chi connectivity index (χ1n) is 6.07. The molecule has 2 aromatic carbocycles. The van der Waals surface area contributed by atoms with Crippen LogP contribution in [-0.4, -0.2) is 6.36 Å². The molecule has 0 fully saturated rings. The monoisotopic (exact) mass is 281 g/mol. The molecule has 2 N–H and O–H groups in total. The minimum absolute atomic E-state index is 0.135. The van der Waals surface area contributed by atoms with E-state index in [0.717, 1.165) is 11.1 Å². The van der Waals surface area contributed by atoms with Crippen LogP contribution in [-0.2, 0) is 0 Å². The van der Waals surface area contributed by atoms with Gasteiger partial charge in [-0.15, -0.1) is 13.2 Å². The van der Waals surface area contributed by atoms with Crippen LogP contribution < -0.4 is 10.5 Å². The van der Waals surface area contributed by atoms with E-state index in [1.165, 1.54) is 18.2 Å². The average molecular weight is 281 g/mol. The summed E-state index contributed by atoms with van der Waals surface area (Å²) in [5.74, 6) is -0.235. The minimum Gasteiger partial charge on any atom is -0.406 e. The van der Waals surface area contributed by atoms with E-state index >= 15 is 0 Å². The Kier molecular flexibility index (Phi) is 3.99. The van der Waals surface area contributed by atoms with Crippen LogP contribution in [0.1, 0.15) is 18.5 Å². The summed E-state index contributed by atoms with van der Waals surface area (Å²) in [5, 5.41) is 0. The van der Waals surface area contributed by atoms with E-state index in [0.29, 0.717) is 5.56 Å². The molecule has 0 amide bonds. The van der Waals surface area contributed by atoms with Crippen molar-refractivity contribution < 1.29 is 17.9 Å². The predicted molar refractivity (Wildman–Crippen MR) is 71.2 cm³/mol. The minimum atomic E-state index is -4.69. The van der Waals surface area contributed by atoms with E-state index in [9.17, 15) is 13.2 Å². The standard InChI is InChI=1S/C15H14F3NO/c1-10(19)11-4-2-5-12(8-11)13-6-3-7-14(9-13)20-15(16,17)18/h2-10H,19H2,1H3. The molecule has 0 aliphatic heterocycles. The van der Waals surface area contributed by atoms with E-state index < -0.39 is 6.36 Å². The molecule has 0 aromatic heterocycles. The second kappa shape index (κ2) is 5.54. The number of halogens is 3. The highest BCUT2D eigenvalue weighted by molar-refractivity contribution is 5.65. The van der Waals surface area contributed by atoms with Crippen molar-refractivity contribution in [2.75, 3.05) is 0 Å². The Balaban J connectivity index is 2.33. The van der Waals surface area contributed by atoms with Gasteiger partial charge in [-0.05, 0) is 41.8 Å². The van der Waals surface area contributed by atoms with Crippen LogP contribution >= 0.6 is 0 Å². The summed E-state index contributed by atoms with van der Waals surface area (Å²) in [4.78, 5) is 0. The first-order chi connectivity index (χ1) is 9.35. The summed E-state index contributed by atoms with van der Waals surface area (Å²) in [6, 6.07) is 13.1. The predicted octanol–water partition coefficient (Wildman–Crippen LogP) is 4.27. The molecular formula is C15H14F3NO. The maximum absolute atomic E-state index is 12.2. The van der Waals surface area contributed by atoms with Crippen LogP contribution in [0, 0.1) is 0 Å². The Labute approximate surface area is 115 Å². The van der Waals surface area contributed by atoms with E-state index in [4.69, 9.17) is 5.73 Å². The second-order valence-electron chi connectivity index (χ2n) is 4.49.